The molecule has 152 valence electrons. The average Bonchev–Trinajstić information content (AvgIpc) is 2.67. The number of non-ortho nitro benzene ring substituents is 1. The quantitative estimate of drug-likeness (QED) is 0.390. The third-order valence-corrected chi connectivity index (χ3v) is 4.60. The van der Waals surface area contributed by atoms with Crippen LogP contribution in [0.15, 0.2) is 47.6 Å². The monoisotopic (exact) mass is 436 g/mol. The molecule has 0 saturated carbocycles. The van der Waals surface area contributed by atoms with Crippen LogP contribution < -0.4 is 10.7 Å². The predicted molar refractivity (Wildman–Crippen MR) is 111 cm³/mol. The fraction of sp³-hybridized carbons (Fsp3) is 0.211. The van der Waals surface area contributed by atoms with Crippen LogP contribution in [0.2, 0.25) is 10.0 Å². The molecule has 0 radical (unpaired) electrons. The van der Waals surface area contributed by atoms with Crippen molar-refractivity contribution < 1.29 is 14.5 Å². The molecule has 2 aromatic rings. The minimum atomic E-state index is -0.878. The van der Waals surface area contributed by atoms with Crippen LogP contribution in [0.5, 0.6) is 0 Å². The molecule has 0 spiro atoms. The molecule has 1 unspecified atom stereocenters. The molecular weight excluding hydrogens is 419 g/mol. The van der Waals surface area contributed by atoms with Crippen molar-refractivity contribution in [3.8, 4) is 0 Å². The van der Waals surface area contributed by atoms with Gasteiger partial charge in [0.2, 0.25) is 0 Å². The molecule has 2 rings (SSSR count). The molecule has 10 heteroatoms. The van der Waals surface area contributed by atoms with E-state index in [1.807, 2.05) is 0 Å². The zero-order valence-corrected chi connectivity index (χ0v) is 17.1. The van der Waals surface area contributed by atoms with Crippen molar-refractivity contribution in [1.82, 2.24) is 10.7 Å². The number of nitrogens with one attached hydrogen (secondary N) is 2. The Balaban J connectivity index is 2.09. The fourth-order valence-electron chi connectivity index (χ4n) is 2.38. The molecule has 0 aliphatic heterocycles. The zero-order valence-electron chi connectivity index (χ0n) is 15.6. The third-order valence-electron chi connectivity index (χ3n) is 3.92. The molecule has 2 N–H and O–H groups in total. The van der Waals surface area contributed by atoms with E-state index in [1.165, 1.54) is 24.4 Å². The lowest BCUT2D eigenvalue weighted by Gasteiger charge is -2.20. The molecular formula is C19H18Cl2N4O4. The summed E-state index contributed by atoms with van der Waals surface area (Å²) in [6, 6.07) is 9.47. The van der Waals surface area contributed by atoms with Crippen molar-refractivity contribution in [2.45, 2.75) is 19.9 Å². The summed E-state index contributed by atoms with van der Waals surface area (Å²) in [7, 11) is 0. The molecule has 29 heavy (non-hydrogen) atoms. The summed E-state index contributed by atoms with van der Waals surface area (Å²) in [5, 5.41) is 17.8. The van der Waals surface area contributed by atoms with E-state index < -0.39 is 22.8 Å². The van der Waals surface area contributed by atoms with Gasteiger partial charge in [-0.3, -0.25) is 19.7 Å². The first kappa shape index (κ1) is 22.3. The normalized spacial score (nSPS) is 12.0. The Morgan fingerprint density at radius 1 is 1.14 bits per heavy atom. The minimum absolute atomic E-state index is 0.158. The molecule has 2 aromatic carbocycles. The third kappa shape index (κ3) is 6.00. The van der Waals surface area contributed by atoms with Crippen LogP contribution in [0.4, 0.5) is 5.69 Å². The average molecular weight is 437 g/mol. The Hall–Kier alpha value is -2.97. The molecule has 0 bridgehead atoms. The number of carbonyl (C=O) groups is 2. The van der Waals surface area contributed by atoms with Crippen LogP contribution in [-0.2, 0) is 4.79 Å². The van der Waals surface area contributed by atoms with Crippen LogP contribution in [0, 0.1) is 16.0 Å². The van der Waals surface area contributed by atoms with E-state index in [1.54, 1.807) is 38.1 Å². The van der Waals surface area contributed by atoms with Gasteiger partial charge in [-0.25, -0.2) is 5.43 Å². The maximum atomic E-state index is 12.5. The Labute approximate surface area is 177 Å². The van der Waals surface area contributed by atoms with E-state index in [0.29, 0.717) is 0 Å². The number of hydrazone groups is 1. The molecule has 8 nitrogen and oxygen atoms in total. The van der Waals surface area contributed by atoms with Gasteiger partial charge >= 0.3 is 0 Å². The number of hydrogen-bond acceptors (Lipinski definition) is 5. The number of carbonyl (C=O) groups excluding carboxylic acids is 2. The van der Waals surface area contributed by atoms with Crippen molar-refractivity contribution in [1.29, 1.82) is 0 Å². The van der Waals surface area contributed by atoms with Gasteiger partial charge in [0.15, 0.2) is 0 Å². The molecule has 0 fully saturated rings. The summed E-state index contributed by atoms with van der Waals surface area (Å²) in [6.07, 6.45) is 1.19. The number of nitrogens with zero attached hydrogens (tertiary/aromatic N) is 2. The van der Waals surface area contributed by atoms with Crippen LogP contribution in [-0.4, -0.2) is 29.0 Å². The van der Waals surface area contributed by atoms with Crippen molar-refractivity contribution in [3.05, 3.63) is 73.8 Å². The Morgan fingerprint density at radius 2 is 1.83 bits per heavy atom. The zero-order chi connectivity index (χ0) is 21.6. The number of rotatable bonds is 7. The second kappa shape index (κ2) is 9.99. The first-order chi connectivity index (χ1) is 13.7. The summed E-state index contributed by atoms with van der Waals surface area (Å²) in [6.45, 7) is 3.52. The second-order valence-corrected chi connectivity index (χ2v) is 7.19. The molecule has 0 aliphatic carbocycles. The SMILES string of the molecule is CC(C)C(NC(=O)c1ccccc1Cl)C(=O)NN=Cc1cc([N+](=O)[O-])ccc1Cl. The fourth-order valence-corrected chi connectivity index (χ4v) is 2.77. The summed E-state index contributed by atoms with van der Waals surface area (Å²) in [4.78, 5) is 35.2. The number of nitro benzene ring substituents is 1. The van der Waals surface area contributed by atoms with Gasteiger partial charge in [0.25, 0.3) is 17.5 Å². The first-order valence-electron chi connectivity index (χ1n) is 8.53. The highest BCUT2D eigenvalue weighted by atomic mass is 35.5. The maximum absolute atomic E-state index is 12.5. The van der Waals surface area contributed by atoms with E-state index in [4.69, 9.17) is 23.2 Å². The molecule has 0 aromatic heterocycles. The predicted octanol–water partition coefficient (Wildman–Crippen LogP) is 3.81. The van der Waals surface area contributed by atoms with E-state index in [0.717, 1.165) is 0 Å². The van der Waals surface area contributed by atoms with Crippen molar-refractivity contribution >= 4 is 46.9 Å². The maximum Gasteiger partial charge on any atom is 0.270 e. The standard InChI is InChI=1S/C19H18Cl2N4O4/c1-11(2)17(23-18(26)14-5-3-4-6-16(14)21)19(27)24-22-10-12-9-13(25(28)29)7-8-15(12)20/h3-11,17H,1-2H3,(H,23,26)(H,24,27). The Bertz CT molecular complexity index is 963. The van der Waals surface area contributed by atoms with Crippen LogP contribution in [0.3, 0.4) is 0 Å². The second-order valence-electron chi connectivity index (χ2n) is 6.37. The molecule has 2 amide bonds. The molecule has 0 aliphatic rings. The van der Waals surface area contributed by atoms with E-state index in [-0.39, 0.29) is 32.8 Å². The summed E-state index contributed by atoms with van der Waals surface area (Å²) >= 11 is 12.0. The summed E-state index contributed by atoms with van der Waals surface area (Å²) in [5.41, 5.74) is 2.67. The van der Waals surface area contributed by atoms with Crippen molar-refractivity contribution in [2.75, 3.05) is 0 Å². The highest BCUT2D eigenvalue weighted by molar-refractivity contribution is 6.34. The highest BCUT2D eigenvalue weighted by Crippen LogP contribution is 2.20. The van der Waals surface area contributed by atoms with Crippen molar-refractivity contribution in [3.63, 3.8) is 0 Å². The minimum Gasteiger partial charge on any atom is -0.340 e. The lowest BCUT2D eigenvalue weighted by Crippen LogP contribution is -2.48. The summed E-state index contributed by atoms with van der Waals surface area (Å²) < 4.78 is 0. The van der Waals surface area contributed by atoms with Gasteiger partial charge in [-0.05, 0) is 24.1 Å². The topological polar surface area (TPSA) is 114 Å². The van der Waals surface area contributed by atoms with Gasteiger partial charge in [0.1, 0.15) is 6.04 Å². The number of amides is 2. The largest absolute Gasteiger partial charge is 0.340 e. The number of hydrogen-bond donors (Lipinski definition) is 2. The molecule has 1 atom stereocenters. The summed E-state index contributed by atoms with van der Waals surface area (Å²) in [5.74, 6) is -1.29. The van der Waals surface area contributed by atoms with E-state index in [2.05, 4.69) is 15.8 Å². The van der Waals surface area contributed by atoms with Crippen molar-refractivity contribution in [2.24, 2.45) is 11.0 Å². The number of nitro groups is 1. The lowest BCUT2D eigenvalue weighted by molar-refractivity contribution is -0.384. The van der Waals surface area contributed by atoms with Crippen LogP contribution in [0.25, 0.3) is 0 Å². The number of benzene rings is 2. The Kier molecular flexibility index (Phi) is 7.69. The molecule has 0 saturated heterocycles. The van der Waals surface area contributed by atoms with Gasteiger partial charge in [-0.1, -0.05) is 49.2 Å². The molecule has 0 heterocycles. The van der Waals surface area contributed by atoms with Gasteiger partial charge in [0.05, 0.1) is 21.7 Å². The lowest BCUT2D eigenvalue weighted by atomic mass is 10.0. The number of halogens is 2. The highest BCUT2D eigenvalue weighted by Gasteiger charge is 2.25. The van der Waals surface area contributed by atoms with Gasteiger partial charge in [0, 0.05) is 22.7 Å². The smallest absolute Gasteiger partial charge is 0.270 e. The van der Waals surface area contributed by atoms with Crippen LogP contribution >= 0.6 is 23.2 Å². The first-order valence-corrected chi connectivity index (χ1v) is 9.28. The van der Waals surface area contributed by atoms with Gasteiger partial charge in [-0.15, -0.1) is 0 Å². The van der Waals surface area contributed by atoms with Gasteiger partial charge < -0.3 is 5.32 Å². The van der Waals surface area contributed by atoms with Gasteiger partial charge in [-0.2, -0.15) is 5.10 Å². The Morgan fingerprint density at radius 3 is 2.45 bits per heavy atom. The van der Waals surface area contributed by atoms with E-state index in [9.17, 15) is 19.7 Å². The van der Waals surface area contributed by atoms with E-state index >= 15 is 0 Å². The van der Waals surface area contributed by atoms with Crippen LogP contribution in [0.1, 0.15) is 29.8 Å².